The minimum atomic E-state index is -2.86. The molecule has 3 N–H and O–H groups in total. The molecule has 0 fully saturated rings. The molecule has 0 rings (SSSR count). The first-order valence-electron chi connectivity index (χ1n) is 2.07. The number of primary amides is 1. The maximum atomic E-state index is 9.59. The van der Waals surface area contributed by atoms with E-state index in [2.05, 4.69) is 5.73 Å². The molecule has 7 heteroatoms. The van der Waals surface area contributed by atoms with Crippen molar-refractivity contribution in [2.45, 2.75) is 13.3 Å². The smallest absolute Gasteiger partial charge is 0.439 e. The average molecular weight is 193 g/mol. The maximum Gasteiger partial charge on any atom is 1.00 e. The van der Waals surface area contributed by atoms with Crippen molar-refractivity contribution in [3.05, 3.63) is 0 Å². The van der Waals surface area contributed by atoms with Crippen LogP contribution in [-0.2, 0) is 24.2 Å². The molecule has 0 aliphatic rings. The fraction of sp³-hybridized carbons (Fsp3) is 0.667. The quantitative estimate of drug-likeness (QED) is 0.197. The van der Waals surface area contributed by atoms with Crippen LogP contribution in [0.5, 0.6) is 0 Å². The molecule has 0 aromatic rings. The number of carbonyl (C=O) groups is 1. The third-order valence-electron chi connectivity index (χ3n) is 0.348. The van der Waals surface area contributed by atoms with Crippen LogP contribution in [0, 0.1) is 0 Å². The zero-order chi connectivity index (χ0) is 7.86. The summed E-state index contributed by atoms with van der Waals surface area (Å²) < 4.78 is 24.1. The van der Waals surface area contributed by atoms with Gasteiger partial charge in [-0.25, -0.2) is 0 Å². The van der Waals surface area contributed by atoms with Gasteiger partial charge in [-0.3, -0.25) is 4.79 Å². The minimum absolute atomic E-state index is 0. The number of carbonyl (C=O) groups excluding carboxylic acids is 1. The van der Waals surface area contributed by atoms with Gasteiger partial charge in [-0.2, -0.15) is 0 Å². The Labute approximate surface area is 104 Å². The first-order valence-corrected chi connectivity index (χ1v) is 3.10. The zero-order valence-electron chi connectivity index (χ0n) is 5.86. The molecule has 10 heavy (non-hydrogen) atoms. The summed E-state index contributed by atoms with van der Waals surface area (Å²) in [5.74, 6) is -0.245. The molecular weight excluding hydrogens is 185 g/mol. The molecule has 0 saturated carbocycles. The Morgan fingerprint density at radius 3 is 1.70 bits per heavy atom. The predicted octanol–water partition coefficient (Wildman–Crippen LogP) is -3.35. The fourth-order valence-electron chi connectivity index (χ4n) is 0. The molecule has 0 aromatic heterocycles. The molecule has 0 aliphatic carbocycles. The van der Waals surface area contributed by atoms with Crippen molar-refractivity contribution in [1.29, 1.82) is 0 Å². The van der Waals surface area contributed by atoms with Crippen molar-refractivity contribution in [3.8, 4) is 0 Å². The fourth-order valence-corrected chi connectivity index (χ4v) is 0. The van der Waals surface area contributed by atoms with Crippen LogP contribution < -0.4 is 57.1 Å². The van der Waals surface area contributed by atoms with Crippen molar-refractivity contribution >= 4 is 16.9 Å². The largest absolute Gasteiger partial charge is 1.00 e. The summed E-state index contributed by atoms with van der Waals surface area (Å²) in [5, 5.41) is 0. The van der Waals surface area contributed by atoms with Gasteiger partial charge >= 0.3 is 51.4 Å². The van der Waals surface area contributed by atoms with Crippen LogP contribution in [0.2, 0.25) is 0 Å². The second-order valence-corrected chi connectivity index (χ2v) is 1.47. The Bertz CT molecular complexity index is 137. The van der Waals surface area contributed by atoms with Gasteiger partial charge in [0.2, 0.25) is 5.91 Å². The van der Waals surface area contributed by atoms with E-state index in [1.54, 1.807) is 6.92 Å². The van der Waals surface area contributed by atoms with E-state index in [-0.39, 0.29) is 57.3 Å². The standard InChI is InChI=1S/C3H7NO.K.HO3S/c1-2-3(4)5;;1-4(2)3/h2H2,1H3,(H2,4,5);;(H,1,2,3)/q;+1;-1. The molecule has 0 saturated heterocycles. The van der Waals surface area contributed by atoms with Crippen LogP contribution in [0.3, 0.4) is 0 Å². The molecule has 5 nitrogen and oxygen atoms in total. The van der Waals surface area contributed by atoms with Crippen molar-refractivity contribution in [2.24, 2.45) is 5.73 Å². The molecule has 1 amide bonds. The molecule has 0 bridgehead atoms. The first kappa shape index (κ1) is 17.2. The number of rotatable bonds is 1. The third-order valence-corrected chi connectivity index (χ3v) is 0.348. The van der Waals surface area contributed by atoms with Crippen LogP contribution in [0.1, 0.15) is 13.3 Å². The van der Waals surface area contributed by atoms with Crippen LogP contribution in [0.15, 0.2) is 0 Å². The molecule has 0 aliphatic heterocycles. The number of nitrogens with two attached hydrogens (primary N) is 1. The van der Waals surface area contributed by atoms with Crippen molar-refractivity contribution in [2.75, 3.05) is 0 Å². The van der Waals surface area contributed by atoms with Crippen LogP contribution >= 0.6 is 0 Å². The average Bonchev–Trinajstić information content (AvgIpc) is 1.65. The van der Waals surface area contributed by atoms with E-state index < -0.39 is 11.0 Å². The van der Waals surface area contributed by atoms with E-state index in [0.717, 1.165) is 0 Å². The Kier molecular flexibility index (Phi) is 21.8. The maximum absolute atomic E-state index is 9.59. The SMILES string of the molecule is CCC(N)=O.O=[S-](=O)O.[K+]. The Morgan fingerprint density at radius 1 is 1.60 bits per heavy atom. The zero-order valence-corrected chi connectivity index (χ0v) is 9.80. The normalized spacial score (nSPS) is 7.10. The molecule has 0 unspecified atom stereocenters. The Morgan fingerprint density at radius 2 is 1.70 bits per heavy atom. The van der Waals surface area contributed by atoms with Crippen LogP contribution in [0.25, 0.3) is 0 Å². The summed E-state index contributed by atoms with van der Waals surface area (Å²) in [5.41, 5.74) is 4.65. The van der Waals surface area contributed by atoms with Gasteiger partial charge in [-0.1, -0.05) is 6.92 Å². The van der Waals surface area contributed by atoms with Crippen LogP contribution in [0.4, 0.5) is 0 Å². The van der Waals surface area contributed by atoms with Crippen molar-refractivity contribution in [3.63, 3.8) is 0 Å². The van der Waals surface area contributed by atoms with Crippen molar-refractivity contribution in [1.82, 2.24) is 0 Å². The summed E-state index contributed by atoms with van der Waals surface area (Å²) in [6.07, 6.45) is 0.444. The predicted molar refractivity (Wildman–Crippen MR) is 30.9 cm³/mol. The van der Waals surface area contributed by atoms with E-state index in [9.17, 15) is 4.79 Å². The number of amides is 1. The summed E-state index contributed by atoms with van der Waals surface area (Å²) in [7, 11) is -2.86. The molecule has 0 radical (unpaired) electrons. The first-order chi connectivity index (χ1) is 4.00. The van der Waals surface area contributed by atoms with Gasteiger partial charge < -0.3 is 18.7 Å². The Hall–Kier alpha value is 1.02. The Balaban J connectivity index is -0.0000000910. The molecule has 0 heterocycles. The molecule has 0 aromatic carbocycles. The van der Waals surface area contributed by atoms with Gasteiger partial charge in [0.25, 0.3) is 0 Å². The van der Waals surface area contributed by atoms with E-state index in [1.807, 2.05) is 0 Å². The number of hydrogen-bond donors (Lipinski definition) is 2. The molecule has 0 spiro atoms. The van der Waals surface area contributed by atoms with E-state index >= 15 is 0 Å². The summed E-state index contributed by atoms with van der Waals surface area (Å²) in [4.78, 5) is 9.59. The molecule has 0 atom stereocenters. The van der Waals surface area contributed by atoms with Gasteiger partial charge in [0.05, 0.1) is 0 Å². The molecule has 56 valence electrons. The third kappa shape index (κ3) is 63.7. The summed E-state index contributed by atoms with van der Waals surface area (Å²) >= 11 is 0. The monoisotopic (exact) mass is 193 g/mol. The number of hydrogen-bond acceptors (Lipinski definition) is 4. The topological polar surface area (TPSA) is 97.5 Å². The van der Waals surface area contributed by atoms with Gasteiger partial charge in [-0.05, 0) is 0 Å². The molecular formula is C3H8KNO4S. The van der Waals surface area contributed by atoms with E-state index in [1.165, 1.54) is 0 Å². The summed E-state index contributed by atoms with van der Waals surface area (Å²) in [6.45, 7) is 1.72. The van der Waals surface area contributed by atoms with Crippen molar-refractivity contribution < 1.29 is 69.1 Å². The van der Waals surface area contributed by atoms with E-state index in [4.69, 9.17) is 13.0 Å². The van der Waals surface area contributed by atoms with E-state index in [0.29, 0.717) is 6.42 Å². The van der Waals surface area contributed by atoms with Gasteiger partial charge in [-0.15, -0.1) is 0 Å². The second kappa shape index (κ2) is 12.7. The minimum Gasteiger partial charge on any atom is -0.439 e. The summed E-state index contributed by atoms with van der Waals surface area (Å²) in [6, 6.07) is 0. The van der Waals surface area contributed by atoms with Gasteiger partial charge in [0, 0.05) is 17.4 Å². The van der Waals surface area contributed by atoms with Crippen LogP contribution in [-0.4, -0.2) is 10.5 Å². The van der Waals surface area contributed by atoms with Gasteiger partial charge in [0.15, 0.2) is 0 Å². The second-order valence-electron chi connectivity index (χ2n) is 1.04. The van der Waals surface area contributed by atoms with Gasteiger partial charge in [0.1, 0.15) is 0 Å².